The number of carboxylic acid groups (broad SMARTS) is 1. The summed E-state index contributed by atoms with van der Waals surface area (Å²) in [6.07, 6.45) is 0. The predicted octanol–water partition coefficient (Wildman–Crippen LogP) is 3.83. The van der Waals surface area contributed by atoms with E-state index in [9.17, 15) is 9.90 Å². The molecule has 0 atom stereocenters. The minimum atomic E-state index is -1.15. The third-order valence-electron chi connectivity index (χ3n) is 3.72. The van der Waals surface area contributed by atoms with E-state index < -0.39 is 5.97 Å². The van der Waals surface area contributed by atoms with Gasteiger partial charge in [-0.3, -0.25) is 0 Å². The van der Waals surface area contributed by atoms with Crippen molar-refractivity contribution >= 4 is 40.5 Å². The molecule has 1 heterocycles. The highest BCUT2D eigenvalue weighted by atomic mass is 35.5. The van der Waals surface area contributed by atoms with E-state index in [2.05, 4.69) is 10.2 Å². The lowest BCUT2D eigenvalue weighted by Gasteiger charge is -2.33. The van der Waals surface area contributed by atoms with Crippen LogP contribution >= 0.6 is 23.2 Å². The maximum absolute atomic E-state index is 11.0. The Morgan fingerprint density at radius 2 is 2.04 bits per heavy atom. The summed E-state index contributed by atoms with van der Waals surface area (Å²) in [4.78, 5) is 13.0. The van der Waals surface area contributed by atoms with E-state index in [1.807, 2.05) is 6.07 Å². The Bertz CT molecular complexity index is 780. The van der Waals surface area contributed by atoms with Gasteiger partial charge >= 0.3 is 5.97 Å². The number of phenols is 1. The number of aromatic carboxylic acids is 1. The monoisotopic (exact) mass is 352 g/mol. The molecule has 3 N–H and O–H groups in total. The van der Waals surface area contributed by atoms with Gasteiger partial charge in [-0.15, -0.1) is 0 Å². The topological polar surface area (TPSA) is 72.8 Å². The van der Waals surface area contributed by atoms with Crippen LogP contribution in [-0.4, -0.2) is 29.3 Å². The summed E-state index contributed by atoms with van der Waals surface area (Å²) in [5.74, 6) is -1.39. The molecule has 120 valence electrons. The van der Waals surface area contributed by atoms with Crippen molar-refractivity contribution < 1.29 is 15.0 Å². The normalized spacial score (nSPS) is 13.4. The molecule has 23 heavy (non-hydrogen) atoms. The van der Waals surface area contributed by atoms with Gasteiger partial charge in [-0.25, -0.2) is 4.79 Å². The number of rotatable bonds is 3. The molecule has 0 unspecified atom stereocenters. The van der Waals surface area contributed by atoms with Crippen LogP contribution in [0.2, 0.25) is 10.0 Å². The van der Waals surface area contributed by atoms with Gasteiger partial charge in [0.15, 0.2) is 0 Å². The molecule has 0 aromatic heterocycles. The average molecular weight is 353 g/mol. The van der Waals surface area contributed by atoms with Crippen molar-refractivity contribution in [2.24, 2.45) is 0 Å². The lowest BCUT2D eigenvalue weighted by molar-refractivity contribution is 0.0693. The molecule has 1 aliphatic rings. The van der Waals surface area contributed by atoms with Crippen molar-refractivity contribution in [3.05, 3.63) is 51.5 Å². The van der Waals surface area contributed by atoms with Gasteiger partial charge in [0.25, 0.3) is 0 Å². The molecule has 7 heteroatoms. The second-order valence-electron chi connectivity index (χ2n) is 5.29. The lowest BCUT2D eigenvalue weighted by atomic mass is 10.1. The van der Waals surface area contributed by atoms with Crippen LogP contribution in [0.3, 0.4) is 0 Å². The SMILES string of the molecule is O=C(O)c1ccc(CN2CCNc3c(Cl)cc(Cl)cc32)cc1O. The highest BCUT2D eigenvalue weighted by molar-refractivity contribution is 6.37. The van der Waals surface area contributed by atoms with Gasteiger partial charge in [0, 0.05) is 24.7 Å². The van der Waals surface area contributed by atoms with Crippen LogP contribution in [0.1, 0.15) is 15.9 Å². The number of aromatic hydroxyl groups is 1. The maximum Gasteiger partial charge on any atom is 0.339 e. The first-order valence-electron chi connectivity index (χ1n) is 6.99. The Morgan fingerprint density at radius 1 is 1.26 bits per heavy atom. The Morgan fingerprint density at radius 3 is 2.74 bits per heavy atom. The summed E-state index contributed by atoms with van der Waals surface area (Å²) < 4.78 is 0. The number of halogens is 2. The Hall–Kier alpha value is -2.11. The van der Waals surface area contributed by atoms with E-state index in [0.717, 1.165) is 30.0 Å². The van der Waals surface area contributed by atoms with Gasteiger partial charge in [-0.2, -0.15) is 0 Å². The van der Waals surface area contributed by atoms with Crippen LogP contribution in [-0.2, 0) is 6.54 Å². The number of benzene rings is 2. The molecule has 2 aromatic rings. The molecule has 0 saturated carbocycles. The van der Waals surface area contributed by atoms with E-state index in [1.165, 1.54) is 12.1 Å². The molecule has 0 radical (unpaired) electrons. The third kappa shape index (κ3) is 3.16. The summed E-state index contributed by atoms with van der Waals surface area (Å²) in [6.45, 7) is 1.98. The quantitative estimate of drug-likeness (QED) is 0.782. The van der Waals surface area contributed by atoms with E-state index in [-0.39, 0.29) is 11.3 Å². The van der Waals surface area contributed by atoms with Crippen LogP contribution < -0.4 is 10.2 Å². The Kier molecular flexibility index (Phi) is 4.24. The average Bonchev–Trinajstić information content (AvgIpc) is 2.47. The lowest BCUT2D eigenvalue weighted by Crippen LogP contribution is -2.33. The molecule has 0 spiro atoms. The summed E-state index contributed by atoms with van der Waals surface area (Å²) in [5.41, 5.74) is 2.40. The number of nitrogens with zero attached hydrogens (tertiary/aromatic N) is 1. The molecular formula is C16H14Cl2N2O3. The fraction of sp³-hybridized carbons (Fsp3) is 0.188. The van der Waals surface area contributed by atoms with Crippen molar-refractivity contribution in [3.8, 4) is 5.75 Å². The van der Waals surface area contributed by atoms with Gasteiger partial charge in [0.05, 0.1) is 16.4 Å². The first kappa shape index (κ1) is 15.8. The van der Waals surface area contributed by atoms with Crippen LogP contribution in [0.4, 0.5) is 11.4 Å². The van der Waals surface area contributed by atoms with Gasteiger partial charge in [-0.1, -0.05) is 29.3 Å². The van der Waals surface area contributed by atoms with Crippen LogP contribution in [0.5, 0.6) is 5.75 Å². The summed E-state index contributed by atoms with van der Waals surface area (Å²) in [6, 6.07) is 8.09. The van der Waals surface area contributed by atoms with E-state index >= 15 is 0 Å². The van der Waals surface area contributed by atoms with Gasteiger partial charge in [0.2, 0.25) is 0 Å². The maximum atomic E-state index is 11.0. The molecular weight excluding hydrogens is 339 g/mol. The van der Waals surface area contributed by atoms with Crippen molar-refractivity contribution in [2.45, 2.75) is 6.54 Å². The van der Waals surface area contributed by atoms with E-state index in [0.29, 0.717) is 16.6 Å². The highest BCUT2D eigenvalue weighted by Gasteiger charge is 2.20. The van der Waals surface area contributed by atoms with Crippen LogP contribution in [0.15, 0.2) is 30.3 Å². The number of carboxylic acids is 1. The summed E-state index contributed by atoms with van der Waals surface area (Å²) >= 11 is 12.3. The van der Waals surface area contributed by atoms with E-state index in [1.54, 1.807) is 12.1 Å². The van der Waals surface area contributed by atoms with Gasteiger partial charge < -0.3 is 20.4 Å². The molecule has 3 rings (SSSR count). The number of anilines is 2. The summed E-state index contributed by atoms with van der Waals surface area (Å²) in [5, 5.41) is 23.1. The first-order valence-corrected chi connectivity index (χ1v) is 7.74. The fourth-order valence-corrected chi connectivity index (χ4v) is 3.21. The molecule has 0 aliphatic carbocycles. The van der Waals surface area contributed by atoms with Crippen molar-refractivity contribution in [1.29, 1.82) is 0 Å². The zero-order valence-electron chi connectivity index (χ0n) is 12.0. The first-order chi connectivity index (χ1) is 11.0. The minimum Gasteiger partial charge on any atom is -0.507 e. The van der Waals surface area contributed by atoms with Crippen LogP contribution in [0.25, 0.3) is 0 Å². The smallest absolute Gasteiger partial charge is 0.339 e. The molecule has 1 aliphatic heterocycles. The Labute approximate surface area is 143 Å². The van der Waals surface area contributed by atoms with Crippen molar-refractivity contribution in [1.82, 2.24) is 0 Å². The zero-order chi connectivity index (χ0) is 16.6. The highest BCUT2D eigenvalue weighted by Crippen LogP contribution is 2.39. The van der Waals surface area contributed by atoms with Gasteiger partial charge in [0.1, 0.15) is 11.3 Å². The minimum absolute atomic E-state index is 0.111. The molecule has 0 bridgehead atoms. The van der Waals surface area contributed by atoms with Crippen LogP contribution in [0, 0.1) is 0 Å². The second kappa shape index (κ2) is 6.18. The summed E-state index contributed by atoms with van der Waals surface area (Å²) in [7, 11) is 0. The van der Waals surface area contributed by atoms with Gasteiger partial charge in [-0.05, 0) is 29.8 Å². The van der Waals surface area contributed by atoms with E-state index in [4.69, 9.17) is 28.3 Å². The fourth-order valence-electron chi connectivity index (χ4n) is 2.66. The standard InChI is InChI=1S/C16H14Cl2N2O3/c17-10-6-12(18)15-13(7-10)20(4-3-19-15)8-9-1-2-11(16(22)23)14(21)5-9/h1-2,5-7,19,21H,3-4,8H2,(H,22,23). The molecule has 0 amide bonds. The number of hydrogen-bond acceptors (Lipinski definition) is 4. The van der Waals surface area contributed by atoms with Crippen molar-refractivity contribution in [3.63, 3.8) is 0 Å². The molecule has 0 fully saturated rings. The zero-order valence-corrected chi connectivity index (χ0v) is 13.5. The molecule has 0 saturated heterocycles. The largest absolute Gasteiger partial charge is 0.507 e. The van der Waals surface area contributed by atoms with Crippen molar-refractivity contribution in [2.75, 3.05) is 23.3 Å². The number of hydrogen-bond donors (Lipinski definition) is 3. The number of nitrogens with one attached hydrogen (secondary N) is 1. The third-order valence-corrected chi connectivity index (χ3v) is 4.24. The number of carbonyl (C=O) groups is 1. The molecule has 5 nitrogen and oxygen atoms in total. The molecule has 2 aromatic carbocycles. The predicted molar refractivity (Wildman–Crippen MR) is 91.1 cm³/mol. The Balaban J connectivity index is 1.91. The number of fused-ring (bicyclic) bond motifs is 1. The second-order valence-corrected chi connectivity index (χ2v) is 6.13.